The lowest BCUT2D eigenvalue weighted by molar-refractivity contribution is 0.133. The van der Waals surface area contributed by atoms with Gasteiger partial charge in [0, 0.05) is 12.0 Å². The summed E-state index contributed by atoms with van der Waals surface area (Å²) in [6.07, 6.45) is -1.03. The second-order valence-electron chi connectivity index (χ2n) is 5.17. The lowest BCUT2D eigenvalue weighted by atomic mass is 9.84. The Hall–Kier alpha value is -1.20. The van der Waals surface area contributed by atoms with Gasteiger partial charge in [-0.3, -0.25) is 0 Å². The fraction of sp³-hybridized carbons (Fsp3) is 0.250. The number of aliphatic hydroxyl groups is 1. The van der Waals surface area contributed by atoms with Crippen molar-refractivity contribution in [3.8, 4) is 0 Å². The molecule has 118 valence electrons. The van der Waals surface area contributed by atoms with Gasteiger partial charge in [0.05, 0.1) is 16.1 Å². The minimum Gasteiger partial charge on any atom is -0.391 e. The molecule has 2 rings (SSSR count). The molecule has 0 saturated carbocycles. The Balaban J connectivity index is 2.55. The Morgan fingerprint density at radius 3 is 1.68 bits per heavy atom. The van der Waals surface area contributed by atoms with Crippen molar-refractivity contribution in [1.29, 1.82) is 0 Å². The molecule has 0 fully saturated rings. The van der Waals surface area contributed by atoms with Crippen molar-refractivity contribution in [2.24, 2.45) is 5.73 Å². The Morgan fingerprint density at radius 1 is 0.955 bits per heavy atom. The van der Waals surface area contributed by atoms with Crippen LogP contribution in [0.5, 0.6) is 0 Å². The quantitative estimate of drug-likeness (QED) is 0.875. The Labute approximate surface area is 137 Å². The number of aliphatic hydroxyl groups excluding tert-OH is 1. The molecule has 0 aliphatic heterocycles. The summed E-state index contributed by atoms with van der Waals surface area (Å²) in [5.74, 6) is -1.93. The maximum atomic E-state index is 13.7. The molecule has 2 aromatic carbocycles. The molecule has 0 aromatic heterocycles. The normalized spacial score (nSPS) is 14.2. The topological polar surface area (TPSA) is 46.2 Å². The molecule has 0 amide bonds. The van der Waals surface area contributed by atoms with Gasteiger partial charge in [0.2, 0.25) is 0 Å². The maximum Gasteiger partial charge on any atom is 0.142 e. The smallest absolute Gasteiger partial charge is 0.142 e. The second-order valence-corrected chi connectivity index (χ2v) is 5.99. The van der Waals surface area contributed by atoms with E-state index in [0.29, 0.717) is 11.1 Å². The predicted molar refractivity (Wildman–Crippen MR) is 84.3 cm³/mol. The van der Waals surface area contributed by atoms with Gasteiger partial charge in [-0.1, -0.05) is 35.3 Å². The van der Waals surface area contributed by atoms with Gasteiger partial charge in [0.1, 0.15) is 11.6 Å². The predicted octanol–water partition coefficient (Wildman–Crippen LogP) is 4.11. The lowest BCUT2D eigenvalue weighted by Crippen LogP contribution is -2.37. The van der Waals surface area contributed by atoms with Gasteiger partial charge in [-0.2, -0.15) is 0 Å². The number of benzene rings is 2. The zero-order valence-corrected chi connectivity index (χ0v) is 13.2. The van der Waals surface area contributed by atoms with E-state index in [2.05, 4.69) is 0 Å². The summed E-state index contributed by atoms with van der Waals surface area (Å²) in [4.78, 5) is 0. The number of nitrogens with two attached hydrogens (primary N) is 1. The van der Waals surface area contributed by atoms with Gasteiger partial charge < -0.3 is 10.8 Å². The molecule has 0 aliphatic carbocycles. The molecule has 0 saturated heterocycles. The SMILES string of the molecule is CC(N)C(O)C(c1ccc(Cl)c(F)c1)c1ccc(Cl)c(F)c1. The average Bonchev–Trinajstić information content (AvgIpc) is 2.46. The summed E-state index contributed by atoms with van der Waals surface area (Å²) in [5.41, 5.74) is 6.66. The summed E-state index contributed by atoms with van der Waals surface area (Å²) in [6, 6.07) is 7.76. The fourth-order valence-electron chi connectivity index (χ4n) is 2.30. The highest BCUT2D eigenvalue weighted by Crippen LogP contribution is 2.32. The van der Waals surface area contributed by atoms with Crippen LogP contribution in [0.3, 0.4) is 0 Å². The highest BCUT2D eigenvalue weighted by atomic mass is 35.5. The minimum absolute atomic E-state index is 0.0277. The van der Waals surface area contributed by atoms with Crippen LogP contribution >= 0.6 is 23.2 Å². The first-order chi connectivity index (χ1) is 10.3. The second kappa shape index (κ2) is 6.92. The molecule has 0 spiro atoms. The molecule has 2 nitrogen and oxygen atoms in total. The Kier molecular flexibility index (Phi) is 5.40. The van der Waals surface area contributed by atoms with Crippen molar-refractivity contribution in [3.63, 3.8) is 0 Å². The monoisotopic (exact) mass is 345 g/mol. The van der Waals surface area contributed by atoms with E-state index >= 15 is 0 Å². The molecule has 22 heavy (non-hydrogen) atoms. The Bertz CT molecular complexity index is 628. The molecule has 0 radical (unpaired) electrons. The first-order valence-corrected chi connectivity index (χ1v) is 7.40. The molecule has 2 atom stereocenters. The van der Waals surface area contributed by atoms with Gasteiger partial charge >= 0.3 is 0 Å². The van der Waals surface area contributed by atoms with Gasteiger partial charge in [0.15, 0.2) is 0 Å². The van der Waals surface area contributed by atoms with Gasteiger partial charge in [-0.05, 0) is 42.3 Å². The Morgan fingerprint density at radius 2 is 1.36 bits per heavy atom. The van der Waals surface area contributed by atoms with E-state index in [-0.39, 0.29) is 10.0 Å². The van der Waals surface area contributed by atoms with Crippen molar-refractivity contribution in [3.05, 3.63) is 69.2 Å². The van der Waals surface area contributed by atoms with E-state index in [1.807, 2.05) is 0 Å². The number of hydrogen-bond acceptors (Lipinski definition) is 2. The first-order valence-electron chi connectivity index (χ1n) is 6.64. The van der Waals surface area contributed by atoms with Crippen LogP contribution in [0.25, 0.3) is 0 Å². The summed E-state index contributed by atoms with van der Waals surface area (Å²) in [7, 11) is 0. The van der Waals surface area contributed by atoms with Crippen molar-refractivity contribution in [1.82, 2.24) is 0 Å². The molecule has 0 bridgehead atoms. The zero-order chi connectivity index (χ0) is 16.4. The summed E-state index contributed by atoms with van der Waals surface area (Å²) in [6.45, 7) is 1.62. The van der Waals surface area contributed by atoms with E-state index in [9.17, 15) is 13.9 Å². The molecule has 2 unspecified atom stereocenters. The third-order valence-electron chi connectivity index (χ3n) is 3.49. The van der Waals surface area contributed by atoms with E-state index in [0.717, 1.165) is 0 Å². The van der Waals surface area contributed by atoms with Crippen molar-refractivity contribution < 1.29 is 13.9 Å². The third kappa shape index (κ3) is 3.58. The number of hydrogen-bond donors (Lipinski definition) is 2. The standard InChI is InChI=1S/C16H15Cl2F2NO/c1-8(21)16(22)15(9-2-4-11(17)13(19)6-9)10-3-5-12(18)14(20)7-10/h2-8,15-16,22H,21H2,1H3. The van der Waals surface area contributed by atoms with Crippen molar-refractivity contribution >= 4 is 23.2 Å². The summed E-state index contributed by atoms with van der Waals surface area (Å²) < 4.78 is 27.4. The average molecular weight is 346 g/mol. The van der Waals surface area contributed by atoms with Gasteiger partial charge in [-0.15, -0.1) is 0 Å². The van der Waals surface area contributed by atoms with Crippen LogP contribution in [0.2, 0.25) is 10.0 Å². The van der Waals surface area contributed by atoms with Crippen LogP contribution in [0.15, 0.2) is 36.4 Å². The largest absolute Gasteiger partial charge is 0.391 e. The number of rotatable bonds is 4. The molecule has 2 aromatic rings. The van der Waals surface area contributed by atoms with Crippen LogP contribution < -0.4 is 5.73 Å². The first kappa shape index (κ1) is 17.2. The fourth-order valence-corrected chi connectivity index (χ4v) is 2.54. The highest BCUT2D eigenvalue weighted by molar-refractivity contribution is 6.31. The molecular formula is C16H15Cl2F2NO. The molecule has 0 aliphatic rings. The third-order valence-corrected chi connectivity index (χ3v) is 4.10. The minimum atomic E-state index is -1.03. The van der Waals surface area contributed by atoms with Crippen LogP contribution in [0, 0.1) is 11.6 Å². The van der Waals surface area contributed by atoms with Gasteiger partial charge in [0.25, 0.3) is 0 Å². The highest BCUT2D eigenvalue weighted by Gasteiger charge is 2.27. The number of halogens is 4. The van der Waals surface area contributed by atoms with E-state index < -0.39 is 29.7 Å². The van der Waals surface area contributed by atoms with Crippen molar-refractivity contribution in [2.45, 2.75) is 25.0 Å². The molecular weight excluding hydrogens is 331 g/mol. The van der Waals surface area contributed by atoms with Crippen molar-refractivity contribution in [2.75, 3.05) is 0 Å². The van der Waals surface area contributed by atoms with E-state index in [1.54, 1.807) is 19.1 Å². The van der Waals surface area contributed by atoms with Crippen LogP contribution in [-0.4, -0.2) is 17.3 Å². The lowest BCUT2D eigenvalue weighted by Gasteiger charge is -2.27. The molecule has 0 heterocycles. The van der Waals surface area contributed by atoms with Crippen LogP contribution in [-0.2, 0) is 0 Å². The summed E-state index contributed by atoms with van der Waals surface area (Å²) >= 11 is 11.4. The van der Waals surface area contributed by atoms with Gasteiger partial charge in [-0.25, -0.2) is 8.78 Å². The molecule has 6 heteroatoms. The zero-order valence-electron chi connectivity index (χ0n) is 11.7. The maximum absolute atomic E-state index is 13.7. The summed E-state index contributed by atoms with van der Waals surface area (Å²) in [5, 5.41) is 10.3. The van der Waals surface area contributed by atoms with E-state index in [4.69, 9.17) is 28.9 Å². The van der Waals surface area contributed by atoms with Crippen LogP contribution in [0.4, 0.5) is 8.78 Å². The van der Waals surface area contributed by atoms with Crippen LogP contribution in [0.1, 0.15) is 24.0 Å². The van der Waals surface area contributed by atoms with E-state index in [1.165, 1.54) is 24.3 Å². The molecule has 3 N–H and O–H groups in total.